The summed E-state index contributed by atoms with van der Waals surface area (Å²) < 4.78 is 30.7. The van der Waals surface area contributed by atoms with E-state index in [0.29, 0.717) is 31.0 Å². The van der Waals surface area contributed by atoms with Crippen molar-refractivity contribution in [3.8, 4) is 17.0 Å². The van der Waals surface area contributed by atoms with Crippen LogP contribution in [0.5, 0.6) is 5.75 Å². The maximum atomic E-state index is 14.0. The molecule has 0 aliphatic heterocycles. The molecule has 0 N–H and O–H groups in total. The molecule has 0 fully saturated rings. The number of hydrogen-bond acceptors (Lipinski definition) is 6. The second-order valence-electron chi connectivity index (χ2n) is 8.55. The number of aromatic nitrogens is 5. The maximum Gasteiger partial charge on any atom is 0.195 e. The summed E-state index contributed by atoms with van der Waals surface area (Å²) in [6.45, 7) is 3.52. The van der Waals surface area contributed by atoms with Crippen LogP contribution in [0, 0.1) is 5.82 Å². The first-order valence-electron chi connectivity index (χ1n) is 12.0. The van der Waals surface area contributed by atoms with Crippen LogP contribution in [0.1, 0.15) is 23.9 Å². The molecular formula is C28H24FN5O2S. The highest BCUT2D eigenvalue weighted by atomic mass is 32.1. The predicted octanol–water partition coefficient (Wildman–Crippen LogP) is 6.11. The van der Waals surface area contributed by atoms with Crippen LogP contribution in [0.3, 0.4) is 0 Å². The molecule has 7 nitrogen and oxygen atoms in total. The number of halogens is 1. The molecule has 0 aliphatic rings. The van der Waals surface area contributed by atoms with E-state index < -0.39 is 0 Å². The van der Waals surface area contributed by atoms with Crippen molar-refractivity contribution < 1.29 is 13.9 Å². The number of fused-ring (bicyclic) bond motifs is 3. The third-order valence-electron chi connectivity index (χ3n) is 6.04. The van der Waals surface area contributed by atoms with E-state index in [-0.39, 0.29) is 12.4 Å². The Kier molecular flexibility index (Phi) is 6.38. The van der Waals surface area contributed by atoms with E-state index in [1.54, 1.807) is 34.3 Å². The Labute approximate surface area is 216 Å². The summed E-state index contributed by atoms with van der Waals surface area (Å²) in [6, 6.07) is 22.9. The summed E-state index contributed by atoms with van der Waals surface area (Å²) in [5, 5.41) is 8.33. The van der Waals surface area contributed by atoms with Crippen LogP contribution >= 0.6 is 11.3 Å². The molecule has 9 heteroatoms. The standard InChI is InChI=1S/C28H24FN5O2S/c1-2-36-22-12-13-24-26(14-22)37-28-30-27(19-8-4-3-5-9-19)25(34(24)28)18-35-17-21-16-33(32-31-21)15-20-10-6-7-11-23(20)29/h3-14,16H,2,15,17-18H2,1H3. The fourth-order valence-electron chi connectivity index (χ4n) is 4.36. The largest absolute Gasteiger partial charge is 0.494 e. The lowest BCUT2D eigenvalue weighted by Crippen LogP contribution is -2.02. The Morgan fingerprint density at radius 2 is 1.81 bits per heavy atom. The molecule has 6 aromatic rings. The Bertz CT molecular complexity index is 1670. The lowest BCUT2D eigenvalue weighted by molar-refractivity contribution is 0.102. The van der Waals surface area contributed by atoms with E-state index in [0.717, 1.165) is 37.9 Å². The smallest absolute Gasteiger partial charge is 0.195 e. The minimum atomic E-state index is -0.259. The van der Waals surface area contributed by atoms with Gasteiger partial charge in [-0.1, -0.05) is 65.1 Å². The molecule has 0 aliphatic carbocycles. The van der Waals surface area contributed by atoms with Crippen LogP contribution in [0.25, 0.3) is 26.4 Å². The van der Waals surface area contributed by atoms with Crippen molar-refractivity contribution in [3.63, 3.8) is 0 Å². The van der Waals surface area contributed by atoms with Crippen molar-refractivity contribution in [1.29, 1.82) is 0 Å². The van der Waals surface area contributed by atoms with Gasteiger partial charge in [-0.25, -0.2) is 14.1 Å². The Morgan fingerprint density at radius 3 is 2.65 bits per heavy atom. The van der Waals surface area contributed by atoms with Crippen molar-refractivity contribution in [2.45, 2.75) is 26.7 Å². The zero-order valence-electron chi connectivity index (χ0n) is 20.2. The van der Waals surface area contributed by atoms with Crippen LogP contribution in [0.4, 0.5) is 4.39 Å². The average molecular weight is 514 g/mol. The van der Waals surface area contributed by atoms with Gasteiger partial charge in [0.05, 0.1) is 54.2 Å². The molecule has 3 heterocycles. The number of hydrogen-bond donors (Lipinski definition) is 0. The van der Waals surface area contributed by atoms with Crippen molar-refractivity contribution in [2.75, 3.05) is 6.61 Å². The summed E-state index contributed by atoms with van der Waals surface area (Å²) >= 11 is 1.63. The van der Waals surface area contributed by atoms with Gasteiger partial charge in [0, 0.05) is 11.1 Å². The normalized spacial score (nSPS) is 11.5. The summed E-state index contributed by atoms with van der Waals surface area (Å²) in [6.07, 6.45) is 1.78. The summed E-state index contributed by atoms with van der Waals surface area (Å²) in [5.41, 5.74) is 5.20. The van der Waals surface area contributed by atoms with Crippen molar-refractivity contribution in [3.05, 3.63) is 102 Å². The van der Waals surface area contributed by atoms with Gasteiger partial charge >= 0.3 is 0 Å². The highest BCUT2D eigenvalue weighted by molar-refractivity contribution is 7.23. The minimum absolute atomic E-state index is 0.259. The lowest BCUT2D eigenvalue weighted by atomic mass is 10.1. The van der Waals surface area contributed by atoms with Gasteiger partial charge in [-0.15, -0.1) is 5.10 Å². The minimum Gasteiger partial charge on any atom is -0.494 e. The topological polar surface area (TPSA) is 66.5 Å². The highest BCUT2D eigenvalue weighted by Gasteiger charge is 2.19. The zero-order chi connectivity index (χ0) is 25.2. The number of benzene rings is 3. The first-order chi connectivity index (χ1) is 18.2. The molecule has 3 aromatic carbocycles. The van der Waals surface area contributed by atoms with Gasteiger partial charge in [-0.05, 0) is 31.2 Å². The lowest BCUT2D eigenvalue weighted by Gasteiger charge is -2.07. The van der Waals surface area contributed by atoms with Gasteiger partial charge in [0.15, 0.2) is 4.96 Å². The number of imidazole rings is 1. The highest BCUT2D eigenvalue weighted by Crippen LogP contribution is 2.35. The molecule has 3 aromatic heterocycles. The molecule has 186 valence electrons. The van der Waals surface area contributed by atoms with Crippen LogP contribution < -0.4 is 4.74 Å². The predicted molar refractivity (Wildman–Crippen MR) is 141 cm³/mol. The zero-order valence-corrected chi connectivity index (χ0v) is 21.0. The molecule has 37 heavy (non-hydrogen) atoms. The fraction of sp³-hybridized carbons (Fsp3) is 0.179. The van der Waals surface area contributed by atoms with Gasteiger partial charge in [0.1, 0.15) is 17.3 Å². The van der Waals surface area contributed by atoms with E-state index in [1.165, 1.54) is 6.07 Å². The number of nitrogens with zero attached hydrogens (tertiary/aromatic N) is 5. The Morgan fingerprint density at radius 1 is 0.973 bits per heavy atom. The molecule has 0 atom stereocenters. The molecule has 0 unspecified atom stereocenters. The van der Waals surface area contributed by atoms with E-state index in [1.807, 2.05) is 37.3 Å². The molecule has 0 radical (unpaired) electrons. The third kappa shape index (κ3) is 4.71. The van der Waals surface area contributed by atoms with Crippen LogP contribution in [-0.4, -0.2) is 31.0 Å². The monoisotopic (exact) mass is 513 g/mol. The van der Waals surface area contributed by atoms with Crippen molar-refractivity contribution in [1.82, 2.24) is 24.4 Å². The molecule has 0 amide bonds. The Hall–Kier alpha value is -4.08. The SMILES string of the molecule is CCOc1ccc2c(c1)sc1nc(-c3ccccc3)c(COCc3cn(Cc4ccccc4F)nn3)n12. The molecule has 0 saturated heterocycles. The quantitative estimate of drug-likeness (QED) is 0.233. The molecule has 0 saturated carbocycles. The van der Waals surface area contributed by atoms with E-state index >= 15 is 0 Å². The van der Waals surface area contributed by atoms with Crippen LogP contribution in [0.2, 0.25) is 0 Å². The van der Waals surface area contributed by atoms with Crippen LogP contribution in [0.15, 0.2) is 79.0 Å². The van der Waals surface area contributed by atoms with E-state index in [4.69, 9.17) is 14.5 Å². The number of rotatable bonds is 9. The summed E-state index contributed by atoms with van der Waals surface area (Å²) in [7, 11) is 0. The molecule has 0 bridgehead atoms. The number of ether oxygens (including phenoxy) is 2. The third-order valence-corrected chi connectivity index (χ3v) is 7.04. The van der Waals surface area contributed by atoms with E-state index in [9.17, 15) is 4.39 Å². The molecule has 6 rings (SSSR count). The fourth-order valence-corrected chi connectivity index (χ4v) is 5.43. The first kappa shape index (κ1) is 23.3. The summed E-state index contributed by atoms with van der Waals surface area (Å²) in [4.78, 5) is 5.87. The second-order valence-corrected chi connectivity index (χ2v) is 9.56. The number of thiazole rings is 1. The first-order valence-corrected chi connectivity index (χ1v) is 12.8. The van der Waals surface area contributed by atoms with Crippen LogP contribution in [-0.2, 0) is 24.5 Å². The average Bonchev–Trinajstić information content (AvgIpc) is 3.60. The molecule has 0 spiro atoms. The Balaban J connectivity index is 1.27. The van der Waals surface area contributed by atoms with Gasteiger partial charge in [0.2, 0.25) is 0 Å². The molecular weight excluding hydrogens is 489 g/mol. The second kappa shape index (κ2) is 10.1. The van der Waals surface area contributed by atoms with E-state index in [2.05, 4.69) is 39.0 Å². The maximum absolute atomic E-state index is 14.0. The van der Waals surface area contributed by atoms with Gasteiger partial charge < -0.3 is 9.47 Å². The van der Waals surface area contributed by atoms with Gasteiger partial charge in [-0.2, -0.15) is 0 Å². The van der Waals surface area contributed by atoms with Crippen molar-refractivity contribution >= 4 is 26.5 Å². The summed E-state index contributed by atoms with van der Waals surface area (Å²) in [5.74, 6) is 0.587. The van der Waals surface area contributed by atoms with Crippen molar-refractivity contribution in [2.24, 2.45) is 0 Å². The van der Waals surface area contributed by atoms with Gasteiger partial charge in [-0.3, -0.25) is 4.40 Å². The van der Waals surface area contributed by atoms with Gasteiger partial charge in [0.25, 0.3) is 0 Å².